The summed E-state index contributed by atoms with van der Waals surface area (Å²) in [6.07, 6.45) is 3.58. The van der Waals surface area contributed by atoms with Gasteiger partial charge in [-0.25, -0.2) is 17.9 Å². The maximum Gasteiger partial charge on any atom is 0.335 e. The van der Waals surface area contributed by atoms with Crippen LogP contribution in [0.5, 0.6) is 0 Å². The summed E-state index contributed by atoms with van der Waals surface area (Å²) in [5, 5.41) is 9.02. The average Bonchev–Trinajstić information content (AvgIpc) is 2.44. The summed E-state index contributed by atoms with van der Waals surface area (Å²) < 4.78 is 26.6. The number of hydrogen-bond acceptors (Lipinski definition) is 3. The summed E-state index contributed by atoms with van der Waals surface area (Å²) in [5.41, 5.74) is 2.30. The lowest BCUT2D eigenvalue weighted by atomic mass is 9.88. The number of benzene rings is 1. The molecule has 1 aliphatic rings. The normalized spacial score (nSPS) is 18.2. The number of fused-ring (bicyclic) bond motifs is 1. The monoisotopic (exact) mass is 311 g/mol. The average molecular weight is 311 g/mol. The molecule has 5 nitrogen and oxygen atoms in total. The number of carboxylic acids is 1. The fourth-order valence-corrected chi connectivity index (χ4v) is 4.13. The zero-order valence-electron chi connectivity index (χ0n) is 12.1. The van der Waals surface area contributed by atoms with Crippen LogP contribution in [0.3, 0.4) is 0 Å². The van der Waals surface area contributed by atoms with Crippen molar-refractivity contribution in [1.82, 2.24) is 4.72 Å². The van der Waals surface area contributed by atoms with Crippen LogP contribution in [-0.2, 0) is 22.9 Å². The summed E-state index contributed by atoms with van der Waals surface area (Å²) in [4.78, 5) is 11.0. The molecule has 0 spiro atoms. The molecule has 0 aromatic heterocycles. The fraction of sp³-hybridized carbons (Fsp3) is 0.533. The highest BCUT2D eigenvalue weighted by molar-refractivity contribution is 7.89. The summed E-state index contributed by atoms with van der Waals surface area (Å²) in [6, 6.07) is 4.96. The number of rotatable bonds is 6. The van der Waals surface area contributed by atoms with Crippen molar-refractivity contribution in [2.24, 2.45) is 0 Å². The molecule has 2 rings (SSSR count). The Morgan fingerprint density at radius 1 is 1.38 bits per heavy atom. The number of nitrogens with one attached hydrogen (secondary N) is 1. The van der Waals surface area contributed by atoms with Gasteiger partial charge >= 0.3 is 5.97 Å². The molecule has 0 aliphatic heterocycles. The first-order valence-electron chi connectivity index (χ1n) is 7.26. The van der Waals surface area contributed by atoms with Gasteiger partial charge in [0, 0.05) is 6.04 Å². The number of unbranched alkanes of at least 4 members (excludes halogenated alkanes) is 1. The van der Waals surface area contributed by atoms with Crippen molar-refractivity contribution in [2.45, 2.75) is 45.1 Å². The molecule has 6 heteroatoms. The predicted octanol–water partition coefficient (Wildman–Crippen LogP) is 1.96. The molecule has 0 saturated heterocycles. The summed E-state index contributed by atoms with van der Waals surface area (Å²) in [5.74, 6) is -0.800. The highest BCUT2D eigenvalue weighted by Crippen LogP contribution is 2.23. The van der Waals surface area contributed by atoms with E-state index in [9.17, 15) is 13.2 Å². The Hall–Kier alpha value is -1.40. The Morgan fingerprint density at radius 3 is 2.81 bits per heavy atom. The molecule has 1 aliphatic carbocycles. The molecule has 1 aromatic rings. The van der Waals surface area contributed by atoms with E-state index < -0.39 is 16.0 Å². The molecule has 0 saturated carbocycles. The van der Waals surface area contributed by atoms with E-state index in [-0.39, 0.29) is 17.4 Å². The first-order chi connectivity index (χ1) is 9.91. The van der Waals surface area contributed by atoms with E-state index in [0.29, 0.717) is 12.8 Å². The third-order valence-corrected chi connectivity index (χ3v) is 5.31. The van der Waals surface area contributed by atoms with E-state index in [4.69, 9.17) is 5.11 Å². The van der Waals surface area contributed by atoms with Gasteiger partial charge in [0.1, 0.15) is 0 Å². The first-order valence-corrected chi connectivity index (χ1v) is 8.91. The molecule has 0 amide bonds. The Kier molecular flexibility index (Phi) is 5.00. The van der Waals surface area contributed by atoms with Crippen LogP contribution in [0.25, 0.3) is 0 Å². The van der Waals surface area contributed by atoms with E-state index in [1.807, 2.05) is 13.0 Å². The van der Waals surface area contributed by atoms with Gasteiger partial charge in [-0.15, -0.1) is 0 Å². The van der Waals surface area contributed by atoms with Crippen LogP contribution in [0.2, 0.25) is 0 Å². The Morgan fingerprint density at radius 2 is 2.14 bits per heavy atom. The van der Waals surface area contributed by atoms with Gasteiger partial charge in [0.15, 0.2) is 0 Å². The second-order valence-electron chi connectivity index (χ2n) is 5.52. The Balaban J connectivity index is 2.08. The maximum absolute atomic E-state index is 11.9. The highest BCUT2D eigenvalue weighted by atomic mass is 32.2. The van der Waals surface area contributed by atoms with Gasteiger partial charge in [-0.2, -0.15) is 0 Å². The summed E-state index contributed by atoms with van der Waals surface area (Å²) in [7, 11) is -3.24. The molecular weight excluding hydrogens is 290 g/mol. The standard InChI is InChI=1S/C15H21NO4S/c1-2-3-8-21(19,20)16-14-7-6-11-4-5-12(15(17)18)9-13(11)10-14/h4-5,9,14,16H,2-3,6-8,10H2,1H3,(H,17,18). The second kappa shape index (κ2) is 6.58. The quantitative estimate of drug-likeness (QED) is 0.841. The zero-order chi connectivity index (χ0) is 15.5. The van der Waals surface area contributed by atoms with Crippen LogP contribution >= 0.6 is 0 Å². The molecule has 0 radical (unpaired) electrons. The topological polar surface area (TPSA) is 83.5 Å². The molecule has 2 N–H and O–H groups in total. The molecule has 0 heterocycles. The molecule has 1 aromatic carbocycles. The van der Waals surface area contributed by atoms with Crippen LogP contribution in [0.1, 0.15) is 47.7 Å². The van der Waals surface area contributed by atoms with Crippen molar-refractivity contribution < 1.29 is 18.3 Å². The van der Waals surface area contributed by atoms with Crippen molar-refractivity contribution in [3.05, 3.63) is 34.9 Å². The molecule has 0 fully saturated rings. The second-order valence-corrected chi connectivity index (χ2v) is 7.39. The van der Waals surface area contributed by atoms with Gasteiger partial charge in [0.2, 0.25) is 10.0 Å². The summed E-state index contributed by atoms with van der Waals surface area (Å²) >= 11 is 0. The van der Waals surface area contributed by atoms with Crippen LogP contribution in [0, 0.1) is 0 Å². The fourth-order valence-electron chi connectivity index (χ4n) is 2.64. The first kappa shape index (κ1) is 16.0. The zero-order valence-corrected chi connectivity index (χ0v) is 12.9. The molecule has 1 atom stereocenters. The number of carboxylic acid groups (broad SMARTS) is 1. The van der Waals surface area contributed by atoms with Gasteiger partial charge in [-0.05, 0) is 48.9 Å². The van der Waals surface area contributed by atoms with Crippen molar-refractivity contribution >= 4 is 16.0 Å². The van der Waals surface area contributed by atoms with Gasteiger partial charge in [0.05, 0.1) is 11.3 Å². The smallest absolute Gasteiger partial charge is 0.335 e. The minimum absolute atomic E-state index is 0.136. The molecular formula is C15H21NO4S. The van der Waals surface area contributed by atoms with Crippen LogP contribution < -0.4 is 4.72 Å². The van der Waals surface area contributed by atoms with E-state index in [1.54, 1.807) is 12.1 Å². The highest BCUT2D eigenvalue weighted by Gasteiger charge is 2.23. The van der Waals surface area contributed by atoms with Crippen molar-refractivity contribution in [3.8, 4) is 0 Å². The van der Waals surface area contributed by atoms with Crippen molar-refractivity contribution in [2.75, 3.05) is 5.75 Å². The third kappa shape index (κ3) is 4.28. The van der Waals surface area contributed by atoms with E-state index >= 15 is 0 Å². The van der Waals surface area contributed by atoms with Gasteiger partial charge < -0.3 is 5.11 Å². The predicted molar refractivity (Wildman–Crippen MR) is 81.0 cm³/mol. The van der Waals surface area contributed by atoms with Crippen LogP contribution in [-0.4, -0.2) is 31.3 Å². The van der Waals surface area contributed by atoms with Gasteiger partial charge in [0.25, 0.3) is 0 Å². The van der Waals surface area contributed by atoms with Gasteiger partial charge in [-0.3, -0.25) is 0 Å². The van der Waals surface area contributed by atoms with E-state index in [2.05, 4.69) is 4.72 Å². The lowest BCUT2D eigenvalue weighted by molar-refractivity contribution is 0.0696. The van der Waals surface area contributed by atoms with Gasteiger partial charge in [-0.1, -0.05) is 19.4 Å². The Labute approximate surface area is 125 Å². The van der Waals surface area contributed by atoms with Crippen molar-refractivity contribution in [3.63, 3.8) is 0 Å². The summed E-state index contributed by atoms with van der Waals surface area (Å²) in [6.45, 7) is 1.96. The molecule has 21 heavy (non-hydrogen) atoms. The van der Waals surface area contributed by atoms with Crippen LogP contribution in [0.15, 0.2) is 18.2 Å². The number of aryl methyl sites for hydroxylation is 1. The van der Waals surface area contributed by atoms with E-state index in [1.165, 1.54) is 0 Å². The minimum atomic E-state index is -3.24. The molecule has 116 valence electrons. The number of hydrogen-bond donors (Lipinski definition) is 2. The molecule has 0 bridgehead atoms. The van der Waals surface area contributed by atoms with E-state index in [0.717, 1.165) is 30.4 Å². The number of aromatic carboxylic acids is 1. The number of sulfonamides is 1. The third-order valence-electron chi connectivity index (χ3n) is 3.79. The van der Waals surface area contributed by atoms with Crippen LogP contribution in [0.4, 0.5) is 0 Å². The molecule has 1 unspecified atom stereocenters. The lowest BCUT2D eigenvalue weighted by Gasteiger charge is -2.25. The van der Waals surface area contributed by atoms with Crippen molar-refractivity contribution in [1.29, 1.82) is 0 Å². The number of carbonyl (C=O) groups is 1. The minimum Gasteiger partial charge on any atom is -0.478 e. The Bertz CT molecular complexity index is 625. The lowest BCUT2D eigenvalue weighted by Crippen LogP contribution is -2.40. The maximum atomic E-state index is 11.9. The SMILES string of the molecule is CCCCS(=O)(=O)NC1CCc2ccc(C(=O)O)cc2C1. The largest absolute Gasteiger partial charge is 0.478 e.